The number of rotatable bonds is 3. The summed E-state index contributed by atoms with van der Waals surface area (Å²) < 4.78 is 5.58. The summed E-state index contributed by atoms with van der Waals surface area (Å²) in [5.74, 6) is 6.78. The SMILES string of the molecule is Cc1cc(CN2CC3CCC(O)C3C2)oc1C(=O)NN. The van der Waals surface area contributed by atoms with E-state index in [9.17, 15) is 9.90 Å². The van der Waals surface area contributed by atoms with Gasteiger partial charge in [-0.2, -0.15) is 0 Å². The van der Waals surface area contributed by atoms with Crippen molar-refractivity contribution in [2.45, 2.75) is 32.4 Å². The van der Waals surface area contributed by atoms with E-state index in [1.54, 1.807) is 0 Å². The van der Waals surface area contributed by atoms with E-state index in [1.807, 2.05) is 13.0 Å². The molecule has 1 aliphatic carbocycles. The van der Waals surface area contributed by atoms with Gasteiger partial charge in [0, 0.05) is 24.6 Å². The van der Waals surface area contributed by atoms with Gasteiger partial charge < -0.3 is 9.52 Å². The van der Waals surface area contributed by atoms with Gasteiger partial charge in [-0.05, 0) is 31.7 Å². The van der Waals surface area contributed by atoms with Gasteiger partial charge in [0.1, 0.15) is 5.76 Å². The molecule has 6 nitrogen and oxygen atoms in total. The molecule has 1 aliphatic heterocycles. The molecular weight excluding hydrogens is 258 g/mol. The number of aliphatic hydroxyl groups excluding tert-OH is 1. The Balaban J connectivity index is 1.66. The van der Waals surface area contributed by atoms with Gasteiger partial charge in [-0.1, -0.05) is 0 Å². The van der Waals surface area contributed by atoms with Crippen molar-refractivity contribution in [2.75, 3.05) is 13.1 Å². The van der Waals surface area contributed by atoms with Crippen LogP contribution in [0.5, 0.6) is 0 Å². The van der Waals surface area contributed by atoms with Crippen LogP contribution < -0.4 is 11.3 Å². The lowest BCUT2D eigenvalue weighted by atomic mass is 10.00. The molecule has 1 aromatic heterocycles. The number of carbonyl (C=O) groups is 1. The van der Waals surface area contributed by atoms with Crippen molar-refractivity contribution in [3.8, 4) is 0 Å². The molecule has 3 rings (SSSR count). The van der Waals surface area contributed by atoms with Crippen LogP contribution in [-0.2, 0) is 6.54 Å². The standard InChI is InChI=1S/C14H21N3O3/c1-8-4-10(20-13(8)14(19)16-15)6-17-5-9-2-3-12(18)11(9)7-17/h4,9,11-12,18H,2-3,5-7,15H2,1H3,(H,16,19). The van der Waals surface area contributed by atoms with Gasteiger partial charge in [-0.15, -0.1) is 0 Å². The predicted octanol–water partition coefficient (Wildman–Crippen LogP) is 0.394. The minimum absolute atomic E-state index is 0.151. The zero-order valence-corrected chi connectivity index (χ0v) is 11.6. The van der Waals surface area contributed by atoms with Crippen LogP contribution in [-0.4, -0.2) is 35.1 Å². The number of nitrogens with two attached hydrogens (primary N) is 1. The van der Waals surface area contributed by atoms with Crippen LogP contribution in [0.25, 0.3) is 0 Å². The molecule has 0 spiro atoms. The summed E-state index contributed by atoms with van der Waals surface area (Å²) in [6.45, 7) is 4.42. The Morgan fingerprint density at radius 3 is 3.05 bits per heavy atom. The molecule has 3 unspecified atom stereocenters. The van der Waals surface area contributed by atoms with Crippen LogP contribution in [0.3, 0.4) is 0 Å². The fourth-order valence-electron chi connectivity index (χ4n) is 3.60. The van der Waals surface area contributed by atoms with Gasteiger partial charge in [0.25, 0.3) is 0 Å². The van der Waals surface area contributed by atoms with E-state index in [1.165, 1.54) is 0 Å². The fraction of sp³-hybridized carbons (Fsp3) is 0.643. The molecule has 0 bridgehead atoms. The van der Waals surface area contributed by atoms with Gasteiger partial charge in [0.15, 0.2) is 5.76 Å². The smallest absolute Gasteiger partial charge is 0.301 e. The van der Waals surface area contributed by atoms with Gasteiger partial charge in [0.2, 0.25) is 0 Å². The van der Waals surface area contributed by atoms with E-state index >= 15 is 0 Å². The Morgan fingerprint density at radius 1 is 1.55 bits per heavy atom. The number of carbonyl (C=O) groups excluding carboxylic acids is 1. The molecule has 20 heavy (non-hydrogen) atoms. The predicted molar refractivity (Wildman–Crippen MR) is 72.6 cm³/mol. The summed E-state index contributed by atoms with van der Waals surface area (Å²) >= 11 is 0. The Bertz CT molecular complexity index is 514. The number of likely N-dealkylation sites (tertiary alicyclic amines) is 1. The first-order valence-corrected chi connectivity index (χ1v) is 7.09. The number of aryl methyl sites for hydroxylation is 1. The van der Waals surface area contributed by atoms with Crippen LogP contribution in [0.15, 0.2) is 10.5 Å². The number of hydrogen-bond acceptors (Lipinski definition) is 5. The Kier molecular flexibility index (Phi) is 3.54. The first kappa shape index (κ1) is 13.6. The summed E-state index contributed by atoms with van der Waals surface area (Å²) in [6.07, 6.45) is 1.89. The highest BCUT2D eigenvalue weighted by Gasteiger charge is 2.41. The molecule has 6 heteroatoms. The molecule has 4 N–H and O–H groups in total. The Morgan fingerprint density at radius 2 is 2.35 bits per heavy atom. The van der Waals surface area contributed by atoms with Gasteiger partial charge in [-0.25, -0.2) is 5.84 Å². The molecule has 1 amide bonds. The number of amides is 1. The number of fused-ring (bicyclic) bond motifs is 1. The number of nitrogens with one attached hydrogen (secondary N) is 1. The molecule has 3 atom stereocenters. The molecule has 110 valence electrons. The molecule has 1 saturated heterocycles. The van der Waals surface area contributed by atoms with Gasteiger partial charge in [-0.3, -0.25) is 15.1 Å². The molecule has 1 aromatic rings. The Hall–Kier alpha value is -1.37. The van der Waals surface area contributed by atoms with Crippen LogP contribution in [0.1, 0.15) is 34.7 Å². The average Bonchev–Trinajstić information content (AvgIpc) is 3.07. The molecule has 2 fully saturated rings. The number of nitrogens with zero attached hydrogens (tertiary/aromatic N) is 1. The van der Waals surface area contributed by atoms with E-state index in [-0.39, 0.29) is 11.9 Å². The number of hydrazine groups is 1. The van der Waals surface area contributed by atoms with E-state index in [0.29, 0.717) is 18.4 Å². The average molecular weight is 279 g/mol. The highest BCUT2D eigenvalue weighted by atomic mass is 16.4. The summed E-state index contributed by atoms with van der Waals surface area (Å²) in [6, 6.07) is 1.88. The first-order valence-electron chi connectivity index (χ1n) is 7.09. The molecule has 1 saturated carbocycles. The number of furan rings is 1. The largest absolute Gasteiger partial charge is 0.454 e. The van der Waals surface area contributed by atoms with Gasteiger partial charge >= 0.3 is 5.91 Å². The van der Waals surface area contributed by atoms with E-state index in [2.05, 4.69) is 10.3 Å². The van der Waals surface area contributed by atoms with Crippen LogP contribution in [0, 0.1) is 18.8 Å². The summed E-state index contributed by atoms with van der Waals surface area (Å²) in [5, 5.41) is 9.92. The van der Waals surface area contributed by atoms with E-state index in [4.69, 9.17) is 10.3 Å². The number of hydrogen-bond donors (Lipinski definition) is 3. The maximum atomic E-state index is 11.5. The second kappa shape index (κ2) is 5.20. The molecule has 2 aliphatic rings. The topological polar surface area (TPSA) is 91.7 Å². The second-order valence-corrected chi connectivity index (χ2v) is 5.96. The van der Waals surface area contributed by atoms with Crippen molar-refractivity contribution in [3.63, 3.8) is 0 Å². The van der Waals surface area contributed by atoms with Crippen molar-refractivity contribution in [1.29, 1.82) is 0 Å². The lowest BCUT2D eigenvalue weighted by Crippen LogP contribution is -2.30. The van der Waals surface area contributed by atoms with Crippen molar-refractivity contribution in [3.05, 3.63) is 23.2 Å². The van der Waals surface area contributed by atoms with E-state index < -0.39 is 5.91 Å². The molecule has 0 aromatic carbocycles. The van der Waals surface area contributed by atoms with Crippen molar-refractivity contribution in [2.24, 2.45) is 17.7 Å². The quantitative estimate of drug-likeness (QED) is 0.423. The highest BCUT2D eigenvalue weighted by molar-refractivity contribution is 5.92. The maximum absolute atomic E-state index is 11.5. The minimum Gasteiger partial charge on any atom is -0.454 e. The normalized spacial score (nSPS) is 29.6. The van der Waals surface area contributed by atoms with Crippen LogP contribution in [0.4, 0.5) is 0 Å². The number of nitrogen functional groups attached to an aromatic ring is 1. The monoisotopic (exact) mass is 279 g/mol. The summed E-state index contributed by atoms with van der Waals surface area (Å²) in [4.78, 5) is 13.8. The molecule has 2 heterocycles. The third kappa shape index (κ3) is 2.34. The third-order valence-electron chi connectivity index (χ3n) is 4.58. The van der Waals surface area contributed by atoms with Crippen molar-refractivity contribution >= 4 is 5.91 Å². The molecule has 0 radical (unpaired) electrons. The lowest BCUT2D eigenvalue weighted by Gasteiger charge is -2.16. The lowest BCUT2D eigenvalue weighted by molar-refractivity contribution is 0.0921. The van der Waals surface area contributed by atoms with Gasteiger partial charge in [0.05, 0.1) is 12.6 Å². The van der Waals surface area contributed by atoms with E-state index in [0.717, 1.165) is 37.3 Å². The van der Waals surface area contributed by atoms with Crippen molar-refractivity contribution < 1.29 is 14.3 Å². The fourth-order valence-corrected chi connectivity index (χ4v) is 3.60. The zero-order chi connectivity index (χ0) is 14.3. The van der Waals surface area contributed by atoms with Crippen molar-refractivity contribution in [1.82, 2.24) is 10.3 Å². The van der Waals surface area contributed by atoms with Crippen LogP contribution in [0.2, 0.25) is 0 Å². The minimum atomic E-state index is -0.400. The third-order valence-corrected chi connectivity index (χ3v) is 4.58. The van der Waals surface area contributed by atoms with Crippen LogP contribution >= 0.6 is 0 Å². The summed E-state index contributed by atoms with van der Waals surface area (Å²) in [5.41, 5.74) is 2.88. The molecular formula is C14H21N3O3. The highest BCUT2D eigenvalue weighted by Crippen LogP contribution is 2.38. The Labute approximate surface area is 117 Å². The number of aliphatic hydroxyl groups is 1. The zero-order valence-electron chi connectivity index (χ0n) is 11.6. The second-order valence-electron chi connectivity index (χ2n) is 5.96. The first-order chi connectivity index (χ1) is 9.58. The maximum Gasteiger partial charge on any atom is 0.301 e. The summed E-state index contributed by atoms with van der Waals surface area (Å²) in [7, 11) is 0.